The van der Waals surface area contributed by atoms with Gasteiger partial charge in [-0.2, -0.15) is 0 Å². The number of rotatable bonds is 2. The molecule has 0 aliphatic rings. The number of aryl methyl sites for hydroxylation is 2. The average molecular weight is 451 g/mol. The van der Waals surface area contributed by atoms with Gasteiger partial charge in [-0.3, -0.25) is 0 Å². The first-order valence-electron chi connectivity index (χ1n) is 5.76. The molecule has 0 aromatic heterocycles. The lowest BCUT2D eigenvalue weighted by Gasteiger charge is -2.16. The molecule has 0 heterocycles. The van der Waals surface area contributed by atoms with Crippen molar-refractivity contribution >= 4 is 47.8 Å². The number of halogens is 4. The van der Waals surface area contributed by atoms with Gasteiger partial charge >= 0.3 is 0 Å². The van der Waals surface area contributed by atoms with Gasteiger partial charge in [-0.25, -0.2) is 4.39 Å². The fourth-order valence-corrected chi connectivity index (χ4v) is 3.41. The van der Waals surface area contributed by atoms with Crippen molar-refractivity contribution in [1.82, 2.24) is 0 Å². The molecular formula is C15H12Br3F. The Hall–Kier alpha value is -0.190. The summed E-state index contributed by atoms with van der Waals surface area (Å²) in [6, 6.07) is 9.43. The predicted octanol–water partition coefficient (Wildman–Crippen LogP) is 6.45. The third-order valence-electron chi connectivity index (χ3n) is 3.06. The molecule has 2 aromatic rings. The van der Waals surface area contributed by atoms with Gasteiger partial charge in [0.05, 0.1) is 9.30 Å². The molecule has 0 saturated heterocycles. The van der Waals surface area contributed by atoms with E-state index < -0.39 is 0 Å². The van der Waals surface area contributed by atoms with E-state index in [1.807, 2.05) is 6.07 Å². The standard InChI is InChI=1S/C15H12Br3F/c1-8-6-13(17)9(2)5-11(8)15(18)10-3-4-12(16)14(19)7-10/h3-7,15H,1-2H3. The monoisotopic (exact) mass is 448 g/mol. The van der Waals surface area contributed by atoms with Gasteiger partial charge < -0.3 is 0 Å². The Labute approximate surface area is 137 Å². The summed E-state index contributed by atoms with van der Waals surface area (Å²) in [6.07, 6.45) is 0. The minimum Gasteiger partial charge on any atom is -0.206 e. The van der Waals surface area contributed by atoms with Crippen LogP contribution in [0.2, 0.25) is 0 Å². The summed E-state index contributed by atoms with van der Waals surface area (Å²) < 4.78 is 15.2. The van der Waals surface area contributed by atoms with Gasteiger partial charge in [0.15, 0.2) is 0 Å². The molecule has 0 saturated carbocycles. The molecule has 19 heavy (non-hydrogen) atoms. The highest BCUT2D eigenvalue weighted by molar-refractivity contribution is 9.11. The summed E-state index contributed by atoms with van der Waals surface area (Å²) in [5.74, 6) is -0.242. The second kappa shape index (κ2) is 6.06. The number of benzene rings is 2. The zero-order valence-corrected chi connectivity index (χ0v) is 15.2. The minimum atomic E-state index is -0.242. The highest BCUT2D eigenvalue weighted by Gasteiger charge is 2.15. The third-order valence-corrected chi connectivity index (χ3v) is 5.58. The molecule has 2 aromatic carbocycles. The van der Waals surface area contributed by atoms with Crippen LogP contribution in [-0.2, 0) is 0 Å². The van der Waals surface area contributed by atoms with E-state index in [-0.39, 0.29) is 10.6 Å². The second-order valence-electron chi connectivity index (χ2n) is 4.49. The van der Waals surface area contributed by atoms with Crippen LogP contribution in [0, 0.1) is 19.7 Å². The highest BCUT2D eigenvalue weighted by Crippen LogP contribution is 2.36. The number of alkyl halides is 1. The van der Waals surface area contributed by atoms with Crippen LogP contribution in [0.25, 0.3) is 0 Å². The van der Waals surface area contributed by atoms with Gasteiger partial charge in [0.2, 0.25) is 0 Å². The zero-order valence-electron chi connectivity index (χ0n) is 10.5. The Morgan fingerprint density at radius 1 is 0.947 bits per heavy atom. The van der Waals surface area contributed by atoms with Crippen LogP contribution in [0.15, 0.2) is 39.3 Å². The fourth-order valence-electron chi connectivity index (χ4n) is 1.93. The fraction of sp³-hybridized carbons (Fsp3) is 0.200. The maximum Gasteiger partial charge on any atom is 0.137 e. The summed E-state index contributed by atoms with van der Waals surface area (Å²) in [7, 11) is 0. The van der Waals surface area contributed by atoms with Crippen LogP contribution in [0.5, 0.6) is 0 Å². The van der Waals surface area contributed by atoms with E-state index in [2.05, 4.69) is 73.8 Å². The lowest BCUT2D eigenvalue weighted by atomic mass is 9.98. The smallest absolute Gasteiger partial charge is 0.137 e. The van der Waals surface area contributed by atoms with E-state index in [0.29, 0.717) is 4.47 Å². The number of hydrogen-bond donors (Lipinski definition) is 0. The molecule has 0 spiro atoms. The van der Waals surface area contributed by atoms with Crippen molar-refractivity contribution in [3.05, 3.63) is 67.3 Å². The van der Waals surface area contributed by atoms with E-state index in [1.165, 1.54) is 11.1 Å². The number of hydrogen-bond acceptors (Lipinski definition) is 0. The summed E-state index contributed by atoms with van der Waals surface area (Å²) in [5, 5.41) is 0. The van der Waals surface area contributed by atoms with Gasteiger partial charge in [0.1, 0.15) is 5.82 Å². The lowest BCUT2D eigenvalue weighted by molar-refractivity contribution is 0.619. The Morgan fingerprint density at radius 3 is 2.26 bits per heavy atom. The predicted molar refractivity (Wildman–Crippen MR) is 88.5 cm³/mol. The van der Waals surface area contributed by atoms with E-state index in [9.17, 15) is 4.39 Å². The average Bonchev–Trinajstić information content (AvgIpc) is 2.36. The normalized spacial score (nSPS) is 12.5. The minimum absolute atomic E-state index is 0.0121. The topological polar surface area (TPSA) is 0 Å². The summed E-state index contributed by atoms with van der Waals surface area (Å²) in [6.45, 7) is 4.11. The van der Waals surface area contributed by atoms with Crippen molar-refractivity contribution in [2.75, 3.05) is 0 Å². The summed E-state index contributed by atoms with van der Waals surface area (Å²) in [4.78, 5) is -0.0121. The molecule has 0 fully saturated rings. The first kappa shape index (κ1) is 15.2. The molecule has 0 aliphatic heterocycles. The van der Waals surface area contributed by atoms with Crippen LogP contribution in [0.1, 0.15) is 27.1 Å². The molecule has 0 amide bonds. The van der Waals surface area contributed by atoms with Gasteiger partial charge in [-0.15, -0.1) is 0 Å². The van der Waals surface area contributed by atoms with E-state index in [1.54, 1.807) is 12.1 Å². The Kier molecular flexibility index (Phi) is 4.85. The quantitative estimate of drug-likeness (QED) is 0.461. The molecule has 1 unspecified atom stereocenters. The SMILES string of the molecule is Cc1cc(C(Br)c2ccc(Br)c(F)c2)c(C)cc1Br. The van der Waals surface area contributed by atoms with E-state index in [0.717, 1.165) is 15.6 Å². The first-order chi connectivity index (χ1) is 8.90. The molecule has 2 rings (SSSR count). The van der Waals surface area contributed by atoms with Crippen molar-refractivity contribution in [1.29, 1.82) is 0 Å². The van der Waals surface area contributed by atoms with Crippen molar-refractivity contribution < 1.29 is 4.39 Å². The van der Waals surface area contributed by atoms with Crippen molar-refractivity contribution in [3.8, 4) is 0 Å². The molecule has 0 radical (unpaired) electrons. The van der Waals surface area contributed by atoms with Gasteiger partial charge in [0, 0.05) is 4.47 Å². The first-order valence-corrected chi connectivity index (χ1v) is 8.26. The van der Waals surface area contributed by atoms with Crippen molar-refractivity contribution in [2.24, 2.45) is 0 Å². The van der Waals surface area contributed by atoms with Crippen LogP contribution in [-0.4, -0.2) is 0 Å². The Balaban J connectivity index is 2.46. The Morgan fingerprint density at radius 2 is 1.63 bits per heavy atom. The van der Waals surface area contributed by atoms with Gasteiger partial charge in [0.25, 0.3) is 0 Å². The molecule has 0 bridgehead atoms. The van der Waals surface area contributed by atoms with Crippen LogP contribution < -0.4 is 0 Å². The molecule has 4 heteroatoms. The summed E-state index contributed by atoms with van der Waals surface area (Å²) in [5.41, 5.74) is 4.40. The largest absolute Gasteiger partial charge is 0.206 e. The van der Waals surface area contributed by atoms with E-state index >= 15 is 0 Å². The van der Waals surface area contributed by atoms with Gasteiger partial charge in [-0.1, -0.05) is 44.0 Å². The molecule has 0 N–H and O–H groups in total. The lowest BCUT2D eigenvalue weighted by Crippen LogP contribution is -1.98. The maximum atomic E-state index is 13.6. The Bertz CT molecular complexity index is 623. The third kappa shape index (κ3) is 3.29. The van der Waals surface area contributed by atoms with Crippen molar-refractivity contribution in [3.63, 3.8) is 0 Å². The maximum absolute atomic E-state index is 13.6. The van der Waals surface area contributed by atoms with Crippen LogP contribution >= 0.6 is 47.8 Å². The molecule has 0 aliphatic carbocycles. The second-order valence-corrected chi connectivity index (χ2v) is 7.12. The molecule has 100 valence electrons. The zero-order chi connectivity index (χ0) is 14.2. The van der Waals surface area contributed by atoms with Crippen LogP contribution in [0.4, 0.5) is 4.39 Å². The molecule has 1 atom stereocenters. The van der Waals surface area contributed by atoms with Crippen molar-refractivity contribution in [2.45, 2.75) is 18.7 Å². The summed E-state index contributed by atoms with van der Waals surface area (Å²) >= 11 is 10.4. The molecule has 0 nitrogen and oxygen atoms in total. The highest BCUT2D eigenvalue weighted by atomic mass is 79.9. The van der Waals surface area contributed by atoms with E-state index in [4.69, 9.17) is 0 Å². The molecular weight excluding hydrogens is 439 g/mol. The van der Waals surface area contributed by atoms with Crippen LogP contribution in [0.3, 0.4) is 0 Å². The van der Waals surface area contributed by atoms with Gasteiger partial charge in [-0.05, 0) is 70.2 Å².